The van der Waals surface area contributed by atoms with Crippen LogP contribution in [0.4, 0.5) is 17.2 Å². The maximum atomic E-state index is 4.99. The number of hydrogen-bond acceptors (Lipinski definition) is 3. The number of rotatable bonds is 12. The Hall–Kier alpha value is -9.18. The number of para-hydroxylation sites is 2. The molecule has 0 N–H and O–H groups in total. The van der Waals surface area contributed by atoms with Gasteiger partial charge in [0.2, 0.25) is 0 Å². The van der Waals surface area contributed by atoms with Crippen molar-refractivity contribution in [3.05, 3.63) is 277 Å². The summed E-state index contributed by atoms with van der Waals surface area (Å²) in [4.78, 5) is 11.3. The zero-order chi connectivity index (χ0) is 46.4. The molecule has 0 aliphatic carbocycles. The highest BCUT2D eigenvalue weighted by atomic mass is 15.2. The Morgan fingerprint density at radius 1 is 0.391 bits per heavy atom. The monoisotopic (exact) mass is 881 g/mol. The number of benzene rings is 10. The second kappa shape index (κ2) is 19.3. The number of aromatic nitrogens is 1. The van der Waals surface area contributed by atoms with Gasteiger partial charge in [0.05, 0.1) is 0 Å². The third-order valence-electron chi connectivity index (χ3n) is 12.7. The van der Waals surface area contributed by atoms with Gasteiger partial charge >= 0.3 is 0 Å². The molecule has 0 amide bonds. The minimum atomic E-state index is 0.852. The smallest absolute Gasteiger partial charge is 0.137 e. The van der Waals surface area contributed by atoms with Crippen LogP contribution in [0.3, 0.4) is 0 Å². The van der Waals surface area contributed by atoms with Crippen LogP contribution in [0.1, 0.15) is 22.3 Å². The number of fused-ring (bicyclic) bond motifs is 5. The van der Waals surface area contributed by atoms with Gasteiger partial charge in [-0.1, -0.05) is 200 Å². The normalized spacial score (nSPS) is 12.0. The van der Waals surface area contributed by atoms with Gasteiger partial charge in [-0.25, -0.2) is 4.98 Å². The lowest BCUT2D eigenvalue weighted by molar-refractivity contribution is 1.18. The van der Waals surface area contributed by atoms with Gasteiger partial charge in [0.25, 0.3) is 0 Å². The summed E-state index contributed by atoms with van der Waals surface area (Å²) in [5, 5.41) is 9.59. The van der Waals surface area contributed by atoms with E-state index in [1.54, 1.807) is 6.20 Å². The first kappa shape index (κ1) is 42.5. The van der Waals surface area contributed by atoms with Gasteiger partial charge in [-0.15, -0.1) is 0 Å². The third-order valence-corrected chi connectivity index (χ3v) is 12.7. The highest BCUT2D eigenvalue weighted by molar-refractivity contribution is 6.23. The topological polar surface area (TPSA) is 28.5 Å². The fourth-order valence-corrected chi connectivity index (χ4v) is 9.36. The van der Waals surface area contributed by atoms with Crippen LogP contribution in [0.5, 0.6) is 0 Å². The molecule has 0 unspecified atom stereocenters. The van der Waals surface area contributed by atoms with Crippen molar-refractivity contribution in [2.24, 2.45) is 4.99 Å². The van der Waals surface area contributed by atoms with Crippen LogP contribution in [-0.4, -0.2) is 11.7 Å². The number of hydrogen-bond donors (Lipinski definition) is 0. The van der Waals surface area contributed by atoms with Crippen molar-refractivity contribution in [1.29, 1.82) is 0 Å². The minimum Gasteiger partial charge on any atom is -0.295 e. The molecule has 326 valence electrons. The van der Waals surface area contributed by atoms with Crippen LogP contribution in [0.15, 0.2) is 260 Å². The molecular formula is C66H47N3. The van der Waals surface area contributed by atoms with Crippen LogP contribution in [0.2, 0.25) is 0 Å². The fourth-order valence-electron chi connectivity index (χ4n) is 9.36. The summed E-state index contributed by atoms with van der Waals surface area (Å²) in [6.07, 6.45) is 16.6. The fraction of sp³-hybridized carbons (Fsp3) is 0. The number of aliphatic imine (C=N–C) groups is 1. The molecular weight excluding hydrogens is 835 g/mol. The SMILES string of the molecule is C=N/C=C(\C=C/c1ccccc1)/C=C/c1ccc2c(-c3ccc4ccccc4c3)c(-c3ccc4ccccc4c3)c3ccc(/C=C/c4ccc(N(c5ccccc5)c5ccccc5)nc4)cc3c2c1. The molecule has 0 aliphatic heterocycles. The maximum Gasteiger partial charge on any atom is 0.137 e. The van der Waals surface area contributed by atoms with Crippen LogP contribution >= 0.6 is 0 Å². The Bertz CT molecular complexity index is 3730. The van der Waals surface area contributed by atoms with E-state index in [4.69, 9.17) is 4.98 Å². The molecule has 69 heavy (non-hydrogen) atoms. The van der Waals surface area contributed by atoms with E-state index in [0.717, 1.165) is 45.0 Å². The Morgan fingerprint density at radius 2 is 0.855 bits per heavy atom. The van der Waals surface area contributed by atoms with Crippen molar-refractivity contribution in [3.8, 4) is 22.3 Å². The van der Waals surface area contributed by atoms with Gasteiger partial charge in [0.1, 0.15) is 5.82 Å². The first-order valence-electron chi connectivity index (χ1n) is 23.3. The van der Waals surface area contributed by atoms with Crippen molar-refractivity contribution in [3.63, 3.8) is 0 Å². The standard InChI is InChI=1S/C66H47N3/c1-67-45-50(28-25-47-15-5-2-6-16-47)29-26-48-31-38-60-62(41-48)63-42-49(27-30-51-33-40-64(68-46-51)69(58-21-7-3-8-22-58)59-23-9-4-10-24-59)32-39-61(63)66(57-37-35-53-18-12-14-20-55(53)44-57)65(60)56-36-34-52-17-11-13-19-54(52)43-56/h2-46H,1H2/b28-25-,29-26+,30-27+,50-45+. The highest BCUT2D eigenvalue weighted by Crippen LogP contribution is 2.46. The van der Waals surface area contributed by atoms with E-state index >= 15 is 0 Å². The molecule has 0 saturated carbocycles. The molecule has 0 fully saturated rings. The van der Waals surface area contributed by atoms with E-state index in [1.807, 2.05) is 36.5 Å². The molecule has 11 aromatic rings. The summed E-state index contributed by atoms with van der Waals surface area (Å²) >= 11 is 0. The Labute approximate surface area is 403 Å². The van der Waals surface area contributed by atoms with Crippen LogP contribution in [0, 0.1) is 0 Å². The zero-order valence-electron chi connectivity index (χ0n) is 38.0. The van der Waals surface area contributed by atoms with Crippen molar-refractivity contribution in [2.45, 2.75) is 0 Å². The van der Waals surface area contributed by atoms with Crippen molar-refractivity contribution < 1.29 is 0 Å². The molecule has 10 aromatic carbocycles. The van der Waals surface area contributed by atoms with Crippen LogP contribution < -0.4 is 4.90 Å². The van der Waals surface area contributed by atoms with Crippen molar-refractivity contribution >= 4 is 91.3 Å². The maximum absolute atomic E-state index is 4.99. The van der Waals surface area contributed by atoms with Gasteiger partial charge < -0.3 is 0 Å². The second-order valence-electron chi connectivity index (χ2n) is 17.2. The Kier molecular flexibility index (Phi) is 11.9. The lowest BCUT2D eigenvalue weighted by Crippen LogP contribution is -2.11. The average Bonchev–Trinajstić information content (AvgIpc) is 3.41. The summed E-state index contributed by atoms with van der Waals surface area (Å²) in [6.45, 7) is 3.76. The summed E-state index contributed by atoms with van der Waals surface area (Å²) in [7, 11) is 0. The largest absolute Gasteiger partial charge is 0.295 e. The number of allylic oxidation sites excluding steroid dienone is 3. The summed E-state index contributed by atoms with van der Waals surface area (Å²) < 4.78 is 0. The molecule has 0 radical (unpaired) electrons. The summed E-state index contributed by atoms with van der Waals surface area (Å²) in [5.74, 6) is 0.852. The summed E-state index contributed by atoms with van der Waals surface area (Å²) in [5.41, 5.74) is 12.2. The first-order valence-corrected chi connectivity index (χ1v) is 23.3. The van der Waals surface area contributed by atoms with E-state index in [1.165, 1.54) is 65.3 Å². The highest BCUT2D eigenvalue weighted by Gasteiger charge is 2.19. The molecule has 11 rings (SSSR count). The third kappa shape index (κ3) is 9.05. The van der Waals surface area contributed by atoms with E-state index < -0.39 is 0 Å². The van der Waals surface area contributed by atoms with E-state index in [-0.39, 0.29) is 0 Å². The van der Waals surface area contributed by atoms with Gasteiger partial charge in [-0.2, -0.15) is 0 Å². The molecule has 3 heteroatoms. The van der Waals surface area contributed by atoms with E-state index in [9.17, 15) is 0 Å². The van der Waals surface area contributed by atoms with E-state index in [0.29, 0.717) is 0 Å². The number of pyridine rings is 1. The van der Waals surface area contributed by atoms with Gasteiger partial charge in [-0.3, -0.25) is 9.89 Å². The molecule has 0 aliphatic rings. The van der Waals surface area contributed by atoms with Gasteiger partial charge in [-0.05, 0) is 161 Å². The lowest BCUT2D eigenvalue weighted by atomic mass is 9.83. The predicted molar refractivity (Wildman–Crippen MR) is 297 cm³/mol. The average molecular weight is 882 g/mol. The Morgan fingerprint density at radius 3 is 1.38 bits per heavy atom. The first-order chi connectivity index (χ1) is 34.1. The predicted octanol–water partition coefficient (Wildman–Crippen LogP) is 18.0. The van der Waals surface area contributed by atoms with Crippen molar-refractivity contribution in [1.82, 2.24) is 4.98 Å². The Balaban J connectivity index is 1.06. The number of anilines is 3. The molecule has 3 nitrogen and oxygen atoms in total. The quantitative estimate of drug-likeness (QED) is 0.0695. The molecule has 0 atom stereocenters. The van der Waals surface area contributed by atoms with Gasteiger partial charge in [0.15, 0.2) is 0 Å². The lowest BCUT2D eigenvalue weighted by Gasteiger charge is -2.24. The molecule has 0 saturated heterocycles. The second-order valence-corrected chi connectivity index (χ2v) is 17.2. The molecule has 0 bridgehead atoms. The zero-order valence-corrected chi connectivity index (χ0v) is 38.0. The van der Waals surface area contributed by atoms with Crippen molar-refractivity contribution in [2.75, 3.05) is 4.90 Å². The van der Waals surface area contributed by atoms with Crippen LogP contribution in [-0.2, 0) is 0 Å². The minimum absolute atomic E-state index is 0.852. The number of nitrogens with zero attached hydrogens (tertiary/aromatic N) is 3. The van der Waals surface area contributed by atoms with Crippen LogP contribution in [0.25, 0.3) is 89.6 Å². The summed E-state index contributed by atoms with van der Waals surface area (Å²) in [6, 6.07) is 80.1. The molecule has 0 spiro atoms. The molecule has 1 aromatic heterocycles. The van der Waals surface area contributed by atoms with Gasteiger partial charge in [0, 0.05) is 23.8 Å². The molecule has 1 heterocycles. The van der Waals surface area contributed by atoms with E-state index in [2.05, 4.69) is 247 Å².